The molecular weight excluding hydrogens is 290 g/mol. The molecule has 1 amide bonds. The average Bonchev–Trinajstić information content (AvgIpc) is 2.47. The predicted molar refractivity (Wildman–Crippen MR) is 89.0 cm³/mol. The first kappa shape index (κ1) is 20.5. The molecule has 0 bridgehead atoms. The van der Waals surface area contributed by atoms with Gasteiger partial charge in [-0.1, -0.05) is 6.92 Å². The van der Waals surface area contributed by atoms with Gasteiger partial charge in [-0.05, 0) is 38.4 Å². The largest absolute Gasteiger partial charge is 0.447 e. The van der Waals surface area contributed by atoms with Crippen LogP contribution in [0.25, 0.3) is 0 Å². The van der Waals surface area contributed by atoms with Crippen LogP contribution in [0.2, 0.25) is 0 Å². The molecule has 1 unspecified atom stereocenters. The van der Waals surface area contributed by atoms with Crippen LogP contribution in [-0.4, -0.2) is 80.6 Å². The fourth-order valence-corrected chi connectivity index (χ4v) is 2.47. The summed E-state index contributed by atoms with van der Waals surface area (Å²) in [5, 5.41) is 15.4. The number of rotatable bonds is 13. The number of thioether (sulfide) groups is 1. The SMILES string of the molecule is CCCSCCC(O)COC(=O)NCCN(C)CCNC. The van der Waals surface area contributed by atoms with Gasteiger partial charge in [0.15, 0.2) is 0 Å². The molecule has 0 aliphatic rings. The summed E-state index contributed by atoms with van der Waals surface area (Å²) in [6.45, 7) is 5.36. The molecule has 0 rings (SSSR count). The molecular formula is C14H31N3O3S. The summed E-state index contributed by atoms with van der Waals surface area (Å²) in [5.74, 6) is 2.01. The number of hydrogen-bond acceptors (Lipinski definition) is 6. The topological polar surface area (TPSA) is 73.8 Å². The van der Waals surface area contributed by atoms with E-state index in [1.165, 1.54) is 0 Å². The predicted octanol–water partition coefficient (Wildman–Crippen LogP) is 0.758. The summed E-state index contributed by atoms with van der Waals surface area (Å²) < 4.78 is 4.98. The van der Waals surface area contributed by atoms with E-state index >= 15 is 0 Å². The molecule has 0 aromatic carbocycles. The highest BCUT2D eigenvalue weighted by molar-refractivity contribution is 7.99. The Morgan fingerprint density at radius 2 is 2.05 bits per heavy atom. The number of nitrogens with one attached hydrogen (secondary N) is 2. The summed E-state index contributed by atoms with van der Waals surface area (Å²) >= 11 is 1.81. The molecule has 0 saturated carbocycles. The highest BCUT2D eigenvalue weighted by Gasteiger charge is 2.08. The van der Waals surface area contributed by atoms with E-state index in [-0.39, 0.29) is 6.61 Å². The van der Waals surface area contributed by atoms with E-state index < -0.39 is 12.2 Å². The molecule has 0 saturated heterocycles. The molecule has 0 spiro atoms. The number of alkyl carbamates (subject to hydrolysis) is 1. The van der Waals surface area contributed by atoms with Gasteiger partial charge in [0.05, 0.1) is 6.10 Å². The first-order valence-electron chi connectivity index (χ1n) is 7.59. The van der Waals surface area contributed by atoms with Crippen molar-refractivity contribution in [3.8, 4) is 0 Å². The second-order valence-corrected chi connectivity index (χ2v) is 6.21. The second-order valence-electron chi connectivity index (χ2n) is 4.99. The van der Waals surface area contributed by atoms with Crippen LogP contribution in [0.15, 0.2) is 0 Å². The summed E-state index contributed by atoms with van der Waals surface area (Å²) in [7, 11) is 3.91. The van der Waals surface area contributed by atoms with E-state index in [0.29, 0.717) is 13.0 Å². The van der Waals surface area contributed by atoms with Gasteiger partial charge in [-0.2, -0.15) is 11.8 Å². The van der Waals surface area contributed by atoms with Crippen molar-refractivity contribution in [3.63, 3.8) is 0 Å². The van der Waals surface area contributed by atoms with Gasteiger partial charge in [0.25, 0.3) is 0 Å². The van der Waals surface area contributed by atoms with Gasteiger partial charge >= 0.3 is 6.09 Å². The minimum absolute atomic E-state index is 0.0636. The van der Waals surface area contributed by atoms with Crippen molar-refractivity contribution in [2.75, 3.05) is 58.4 Å². The number of nitrogens with zero attached hydrogens (tertiary/aromatic N) is 1. The highest BCUT2D eigenvalue weighted by Crippen LogP contribution is 2.06. The van der Waals surface area contributed by atoms with Crippen molar-refractivity contribution >= 4 is 17.9 Å². The van der Waals surface area contributed by atoms with E-state index in [4.69, 9.17) is 4.74 Å². The number of likely N-dealkylation sites (N-methyl/N-ethyl adjacent to an activating group) is 2. The zero-order chi connectivity index (χ0) is 15.9. The van der Waals surface area contributed by atoms with Gasteiger partial charge < -0.3 is 25.4 Å². The first-order valence-corrected chi connectivity index (χ1v) is 8.75. The number of ether oxygens (including phenoxy) is 1. The minimum atomic E-state index is -0.571. The normalized spacial score (nSPS) is 12.4. The lowest BCUT2D eigenvalue weighted by Crippen LogP contribution is -2.36. The Labute approximate surface area is 133 Å². The molecule has 3 N–H and O–H groups in total. The molecule has 0 aromatic rings. The maximum atomic E-state index is 11.4. The Morgan fingerprint density at radius 1 is 1.33 bits per heavy atom. The average molecular weight is 321 g/mol. The molecule has 6 nitrogen and oxygen atoms in total. The van der Waals surface area contributed by atoms with Crippen LogP contribution in [0.4, 0.5) is 4.79 Å². The third kappa shape index (κ3) is 14.2. The summed E-state index contributed by atoms with van der Waals surface area (Å²) in [5.41, 5.74) is 0. The third-order valence-electron chi connectivity index (χ3n) is 2.86. The maximum absolute atomic E-state index is 11.4. The molecule has 0 radical (unpaired) electrons. The zero-order valence-electron chi connectivity index (χ0n) is 13.6. The van der Waals surface area contributed by atoms with Gasteiger partial charge in [-0.3, -0.25) is 0 Å². The number of amides is 1. The fraction of sp³-hybridized carbons (Fsp3) is 0.929. The number of carbonyl (C=O) groups excluding carboxylic acids is 1. The smallest absolute Gasteiger partial charge is 0.407 e. The van der Waals surface area contributed by atoms with Crippen molar-refractivity contribution in [2.45, 2.75) is 25.9 Å². The Bertz CT molecular complexity index is 258. The molecule has 0 aromatic heterocycles. The lowest BCUT2D eigenvalue weighted by Gasteiger charge is -2.16. The molecule has 126 valence electrons. The van der Waals surface area contributed by atoms with Gasteiger partial charge in [-0.25, -0.2) is 4.79 Å². The van der Waals surface area contributed by atoms with Crippen LogP contribution in [-0.2, 0) is 4.74 Å². The minimum Gasteiger partial charge on any atom is -0.447 e. The number of carbonyl (C=O) groups is 1. The van der Waals surface area contributed by atoms with E-state index in [9.17, 15) is 9.90 Å². The summed E-state index contributed by atoms with van der Waals surface area (Å²) in [6, 6.07) is 0. The first-order chi connectivity index (χ1) is 10.1. The van der Waals surface area contributed by atoms with Crippen LogP contribution in [0.5, 0.6) is 0 Å². The zero-order valence-corrected chi connectivity index (χ0v) is 14.4. The molecule has 0 heterocycles. The Balaban J connectivity index is 3.48. The summed E-state index contributed by atoms with van der Waals surface area (Å²) in [4.78, 5) is 13.6. The Kier molecular flexibility index (Phi) is 14.1. The maximum Gasteiger partial charge on any atom is 0.407 e. The molecule has 0 aliphatic carbocycles. The van der Waals surface area contributed by atoms with Crippen molar-refractivity contribution in [1.82, 2.24) is 15.5 Å². The molecule has 21 heavy (non-hydrogen) atoms. The number of aliphatic hydroxyl groups is 1. The van der Waals surface area contributed by atoms with Gasteiger partial charge in [0.1, 0.15) is 6.61 Å². The molecule has 0 fully saturated rings. The van der Waals surface area contributed by atoms with Crippen LogP contribution in [0.1, 0.15) is 19.8 Å². The van der Waals surface area contributed by atoms with Gasteiger partial charge in [0.2, 0.25) is 0 Å². The van der Waals surface area contributed by atoms with Crippen molar-refractivity contribution in [2.24, 2.45) is 0 Å². The van der Waals surface area contributed by atoms with E-state index in [1.807, 2.05) is 25.9 Å². The van der Waals surface area contributed by atoms with Crippen LogP contribution < -0.4 is 10.6 Å². The molecule has 1 atom stereocenters. The molecule has 0 aliphatic heterocycles. The Morgan fingerprint density at radius 3 is 2.71 bits per heavy atom. The standard InChI is InChI=1S/C14H31N3O3S/c1-4-10-21-11-5-13(18)12-20-14(19)16-7-9-17(3)8-6-15-2/h13,15,18H,4-12H2,1-3H3,(H,16,19). The van der Waals surface area contributed by atoms with E-state index in [0.717, 1.165) is 37.6 Å². The fourth-order valence-electron chi connectivity index (χ4n) is 1.54. The van der Waals surface area contributed by atoms with Crippen LogP contribution in [0, 0.1) is 0 Å². The van der Waals surface area contributed by atoms with E-state index in [1.54, 1.807) is 0 Å². The number of aliphatic hydroxyl groups excluding tert-OH is 1. The van der Waals surface area contributed by atoms with Crippen molar-refractivity contribution in [3.05, 3.63) is 0 Å². The van der Waals surface area contributed by atoms with Crippen molar-refractivity contribution < 1.29 is 14.6 Å². The van der Waals surface area contributed by atoms with Crippen LogP contribution in [0.3, 0.4) is 0 Å². The van der Waals surface area contributed by atoms with Gasteiger partial charge in [-0.15, -0.1) is 0 Å². The number of hydrogen-bond donors (Lipinski definition) is 3. The van der Waals surface area contributed by atoms with E-state index in [2.05, 4.69) is 22.5 Å². The summed E-state index contributed by atoms with van der Waals surface area (Å²) in [6.07, 6.45) is 0.767. The van der Waals surface area contributed by atoms with Crippen molar-refractivity contribution in [1.29, 1.82) is 0 Å². The van der Waals surface area contributed by atoms with Crippen LogP contribution >= 0.6 is 11.8 Å². The lowest BCUT2D eigenvalue weighted by molar-refractivity contribution is 0.0667. The third-order valence-corrected chi connectivity index (χ3v) is 4.08. The van der Waals surface area contributed by atoms with Gasteiger partial charge in [0, 0.05) is 26.2 Å². The lowest BCUT2D eigenvalue weighted by atomic mass is 10.3. The highest BCUT2D eigenvalue weighted by atomic mass is 32.2. The Hall–Kier alpha value is -0.500. The monoisotopic (exact) mass is 321 g/mol. The molecule has 7 heteroatoms. The quantitative estimate of drug-likeness (QED) is 0.435. The second kappa shape index (κ2) is 14.4.